The summed E-state index contributed by atoms with van der Waals surface area (Å²) in [7, 11) is 0. The van der Waals surface area contributed by atoms with Crippen molar-refractivity contribution in [2.45, 2.75) is 12.7 Å². The summed E-state index contributed by atoms with van der Waals surface area (Å²) in [5.41, 5.74) is 0.160. The van der Waals surface area contributed by atoms with Crippen LogP contribution in [0.25, 0.3) is 0 Å². The number of halogens is 4. The molecular formula is C20H19ClF3N3O3. The van der Waals surface area contributed by atoms with Crippen LogP contribution in [0.1, 0.15) is 11.1 Å². The van der Waals surface area contributed by atoms with Crippen LogP contribution in [0.15, 0.2) is 36.4 Å². The van der Waals surface area contributed by atoms with E-state index < -0.39 is 22.8 Å². The highest BCUT2D eigenvalue weighted by molar-refractivity contribution is 6.31. The number of carbonyl (C=O) groups is 1. The molecule has 30 heavy (non-hydrogen) atoms. The number of hydrogen-bond acceptors (Lipinski definition) is 4. The first-order chi connectivity index (χ1) is 14.3. The van der Waals surface area contributed by atoms with Gasteiger partial charge in [-0.3, -0.25) is 4.90 Å². The van der Waals surface area contributed by atoms with Crippen molar-refractivity contribution in [3.8, 4) is 11.5 Å². The lowest BCUT2D eigenvalue weighted by molar-refractivity contribution is -0.137. The predicted molar refractivity (Wildman–Crippen MR) is 105 cm³/mol. The lowest BCUT2D eigenvalue weighted by atomic mass is 10.1. The SMILES string of the molecule is O=C(Nc1ccc(Cl)c(C(F)(F)F)c1)N1CCN(Cc2ccc3c(c2)OCO3)CC1. The summed E-state index contributed by atoms with van der Waals surface area (Å²) in [6.45, 7) is 3.17. The highest BCUT2D eigenvalue weighted by Gasteiger charge is 2.33. The molecule has 10 heteroatoms. The maximum absolute atomic E-state index is 13.0. The summed E-state index contributed by atoms with van der Waals surface area (Å²) < 4.78 is 49.7. The van der Waals surface area contributed by atoms with Crippen molar-refractivity contribution in [1.82, 2.24) is 9.80 Å². The molecule has 1 saturated heterocycles. The molecule has 2 aromatic carbocycles. The molecule has 2 aliphatic rings. The molecule has 2 amide bonds. The molecule has 0 spiro atoms. The third-order valence-electron chi connectivity index (χ3n) is 5.03. The normalized spacial score (nSPS) is 16.6. The second kappa shape index (κ2) is 8.23. The van der Waals surface area contributed by atoms with Crippen LogP contribution in [0.4, 0.5) is 23.7 Å². The van der Waals surface area contributed by atoms with E-state index in [1.54, 1.807) is 4.90 Å². The number of ether oxygens (including phenoxy) is 2. The molecule has 0 bridgehead atoms. The van der Waals surface area contributed by atoms with E-state index in [2.05, 4.69) is 10.2 Å². The summed E-state index contributed by atoms with van der Waals surface area (Å²) in [4.78, 5) is 16.2. The Hall–Kier alpha value is -2.65. The van der Waals surface area contributed by atoms with Gasteiger partial charge in [-0.05, 0) is 35.9 Å². The Balaban J connectivity index is 1.31. The monoisotopic (exact) mass is 441 g/mol. The summed E-state index contributed by atoms with van der Waals surface area (Å²) in [5, 5.41) is 2.12. The van der Waals surface area contributed by atoms with Crippen LogP contribution in [-0.2, 0) is 12.7 Å². The number of amides is 2. The number of anilines is 1. The molecule has 0 saturated carbocycles. The molecule has 1 N–H and O–H groups in total. The van der Waals surface area contributed by atoms with Gasteiger partial charge >= 0.3 is 12.2 Å². The van der Waals surface area contributed by atoms with Gasteiger partial charge in [0.25, 0.3) is 0 Å². The molecule has 2 aromatic rings. The Morgan fingerprint density at radius 3 is 2.50 bits per heavy atom. The molecule has 0 aromatic heterocycles. The molecule has 1 fully saturated rings. The van der Waals surface area contributed by atoms with E-state index >= 15 is 0 Å². The summed E-state index contributed by atoms with van der Waals surface area (Å²) in [5.74, 6) is 1.46. The Morgan fingerprint density at radius 1 is 1.03 bits per heavy atom. The lowest BCUT2D eigenvalue weighted by Gasteiger charge is -2.34. The smallest absolute Gasteiger partial charge is 0.417 e. The van der Waals surface area contributed by atoms with Gasteiger partial charge in [0.05, 0.1) is 10.6 Å². The molecule has 2 aliphatic heterocycles. The maximum atomic E-state index is 13.0. The van der Waals surface area contributed by atoms with E-state index in [0.29, 0.717) is 32.7 Å². The minimum absolute atomic E-state index is 0.0551. The Morgan fingerprint density at radius 2 is 1.77 bits per heavy atom. The Labute approximate surface area is 176 Å². The Bertz CT molecular complexity index is 947. The highest BCUT2D eigenvalue weighted by atomic mass is 35.5. The number of alkyl halides is 3. The average molecular weight is 442 g/mol. The van der Waals surface area contributed by atoms with Gasteiger partial charge in [-0.25, -0.2) is 4.79 Å². The van der Waals surface area contributed by atoms with Gasteiger partial charge in [-0.1, -0.05) is 17.7 Å². The molecule has 0 aliphatic carbocycles. The van der Waals surface area contributed by atoms with E-state index in [4.69, 9.17) is 21.1 Å². The van der Waals surface area contributed by atoms with Crippen molar-refractivity contribution in [3.05, 3.63) is 52.5 Å². The molecule has 0 atom stereocenters. The van der Waals surface area contributed by atoms with E-state index in [1.807, 2.05) is 18.2 Å². The number of nitrogens with one attached hydrogen (secondary N) is 1. The van der Waals surface area contributed by atoms with E-state index in [-0.39, 0.29) is 12.5 Å². The standard InChI is InChI=1S/C20H19ClF3N3O3/c21-16-3-2-14(10-15(16)20(22,23)24)25-19(28)27-7-5-26(6-8-27)11-13-1-4-17-18(9-13)30-12-29-17/h1-4,9-10H,5-8,11-12H2,(H,25,28). The number of benzene rings is 2. The molecule has 2 heterocycles. The van der Waals surface area contributed by atoms with E-state index in [9.17, 15) is 18.0 Å². The first-order valence-electron chi connectivity index (χ1n) is 9.33. The van der Waals surface area contributed by atoms with Crippen LogP contribution in [0, 0.1) is 0 Å². The predicted octanol–water partition coefficient (Wildman–Crippen LogP) is 4.44. The lowest BCUT2D eigenvalue weighted by Crippen LogP contribution is -2.49. The summed E-state index contributed by atoms with van der Waals surface area (Å²) in [6, 6.07) is 8.69. The van der Waals surface area contributed by atoms with Crippen LogP contribution in [-0.4, -0.2) is 48.8 Å². The minimum Gasteiger partial charge on any atom is -0.454 e. The number of urea groups is 1. The van der Waals surface area contributed by atoms with Gasteiger partial charge in [0.1, 0.15) is 0 Å². The van der Waals surface area contributed by atoms with Crippen LogP contribution in [0.3, 0.4) is 0 Å². The Kier molecular flexibility index (Phi) is 5.66. The number of rotatable bonds is 3. The number of fused-ring (bicyclic) bond motifs is 1. The van der Waals surface area contributed by atoms with Crippen molar-refractivity contribution in [2.24, 2.45) is 0 Å². The fraction of sp³-hybridized carbons (Fsp3) is 0.350. The van der Waals surface area contributed by atoms with Crippen molar-refractivity contribution < 1.29 is 27.4 Å². The zero-order valence-corrected chi connectivity index (χ0v) is 16.6. The number of nitrogens with zero attached hydrogens (tertiary/aromatic N) is 2. The van der Waals surface area contributed by atoms with E-state index in [1.165, 1.54) is 6.07 Å². The summed E-state index contributed by atoms with van der Waals surface area (Å²) >= 11 is 5.62. The topological polar surface area (TPSA) is 54.0 Å². The van der Waals surface area contributed by atoms with Gasteiger partial charge in [0.15, 0.2) is 11.5 Å². The fourth-order valence-electron chi connectivity index (χ4n) is 3.43. The largest absolute Gasteiger partial charge is 0.454 e. The molecule has 6 nitrogen and oxygen atoms in total. The molecule has 0 unspecified atom stereocenters. The average Bonchev–Trinajstić information content (AvgIpc) is 3.17. The van der Waals surface area contributed by atoms with Gasteiger partial charge < -0.3 is 19.7 Å². The zero-order valence-electron chi connectivity index (χ0n) is 15.8. The van der Waals surface area contributed by atoms with Crippen molar-refractivity contribution >= 4 is 23.3 Å². The molecule has 4 rings (SSSR count). The maximum Gasteiger partial charge on any atom is 0.417 e. The van der Waals surface area contributed by atoms with Gasteiger partial charge in [-0.2, -0.15) is 13.2 Å². The van der Waals surface area contributed by atoms with Gasteiger partial charge in [-0.15, -0.1) is 0 Å². The number of piperazine rings is 1. The first kappa shape index (κ1) is 20.6. The third kappa shape index (κ3) is 4.57. The van der Waals surface area contributed by atoms with Crippen molar-refractivity contribution in [2.75, 3.05) is 38.3 Å². The first-order valence-corrected chi connectivity index (χ1v) is 9.71. The van der Waals surface area contributed by atoms with E-state index in [0.717, 1.165) is 29.2 Å². The van der Waals surface area contributed by atoms with Crippen LogP contribution >= 0.6 is 11.6 Å². The highest BCUT2D eigenvalue weighted by Crippen LogP contribution is 2.36. The quantitative estimate of drug-likeness (QED) is 0.765. The van der Waals surface area contributed by atoms with Crippen LogP contribution < -0.4 is 14.8 Å². The van der Waals surface area contributed by atoms with Crippen LogP contribution in [0.2, 0.25) is 5.02 Å². The van der Waals surface area contributed by atoms with Gasteiger partial charge in [0, 0.05) is 38.4 Å². The molecule has 0 radical (unpaired) electrons. The minimum atomic E-state index is -4.59. The number of carbonyl (C=O) groups excluding carboxylic acids is 1. The summed E-state index contributed by atoms with van der Waals surface area (Å²) in [6.07, 6.45) is -4.59. The van der Waals surface area contributed by atoms with Crippen molar-refractivity contribution in [1.29, 1.82) is 0 Å². The number of hydrogen-bond donors (Lipinski definition) is 1. The molecular weight excluding hydrogens is 423 g/mol. The van der Waals surface area contributed by atoms with Crippen LogP contribution in [0.5, 0.6) is 11.5 Å². The second-order valence-corrected chi connectivity index (χ2v) is 7.48. The van der Waals surface area contributed by atoms with Crippen molar-refractivity contribution in [3.63, 3.8) is 0 Å². The second-order valence-electron chi connectivity index (χ2n) is 7.07. The molecule has 160 valence electrons. The zero-order chi connectivity index (χ0) is 21.3. The van der Waals surface area contributed by atoms with Gasteiger partial charge in [0.2, 0.25) is 6.79 Å². The fourth-order valence-corrected chi connectivity index (χ4v) is 3.65. The third-order valence-corrected chi connectivity index (χ3v) is 5.36.